The van der Waals surface area contributed by atoms with Gasteiger partial charge in [-0.2, -0.15) is 0 Å². The third-order valence-electron chi connectivity index (χ3n) is 4.40. The van der Waals surface area contributed by atoms with E-state index in [4.69, 9.17) is 0 Å². The summed E-state index contributed by atoms with van der Waals surface area (Å²) >= 11 is 0. The molecule has 21 heavy (non-hydrogen) atoms. The van der Waals surface area contributed by atoms with Crippen LogP contribution in [0.15, 0.2) is 18.2 Å². The highest BCUT2D eigenvalue weighted by molar-refractivity contribution is 5.58. The van der Waals surface area contributed by atoms with Gasteiger partial charge in [0.25, 0.3) is 0 Å². The smallest absolute Gasteiger partial charge is 0.125 e. The van der Waals surface area contributed by atoms with Gasteiger partial charge in [-0.3, -0.25) is 0 Å². The van der Waals surface area contributed by atoms with Crippen molar-refractivity contribution < 1.29 is 4.39 Å². The van der Waals surface area contributed by atoms with Crippen molar-refractivity contribution in [3.8, 4) is 0 Å². The molecule has 3 heteroatoms. The highest BCUT2D eigenvalue weighted by atomic mass is 19.1. The summed E-state index contributed by atoms with van der Waals surface area (Å²) < 4.78 is 13.5. The molecular weight excluding hydrogens is 263 g/mol. The van der Waals surface area contributed by atoms with Gasteiger partial charge in [-0.25, -0.2) is 4.39 Å². The van der Waals surface area contributed by atoms with E-state index in [1.165, 1.54) is 18.4 Å². The quantitative estimate of drug-likeness (QED) is 0.817. The van der Waals surface area contributed by atoms with Crippen molar-refractivity contribution in [3.05, 3.63) is 29.6 Å². The minimum atomic E-state index is -0.127. The first-order chi connectivity index (χ1) is 9.93. The van der Waals surface area contributed by atoms with Crippen LogP contribution in [0.4, 0.5) is 10.1 Å². The van der Waals surface area contributed by atoms with E-state index < -0.39 is 0 Å². The number of anilines is 1. The van der Waals surface area contributed by atoms with E-state index in [2.05, 4.69) is 37.9 Å². The molecular formula is C18H29FN2. The van der Waals surface area contributed by atoms with Crippen molar-refractivity contribution >= 4 is 5.69 Å². The van der Waals surface area contributed by atoms with Crippen LogP contribution in [0.25, 0.3) is 0 Å². The van der Waals surface area contributed by atoms with E-state index >= 15 is 0 Å². The second-order valence-corrected chi connectivity index (χ2v) is 7.04. The molecule has 1 aromatic carbocycles. The Morgan fingerprint density at radius 3 is 2.81 bits per heavy atom. The molecule has 0 fully saturated rings. The number of nitrogens with one attached hydrogen (secondary N) is 1. The first kappa shape index (κ1) is 16.3. The Morgan fingerprint density at radius 1 is 1.38 bits per heavy atom. The standard InChI is InChI=1S/C18H29FN2/c1-5-9-18(4,12-20-14(2)3)13-21-10-8-15-6-7-16(19)11-17(15)21/h6-7,11,14,20H,5,8-10,12-13H2,1-4H3. The van der Waals surface area contributed by atoms with Crippen LogP contribution in [-0.2, 0) is 6.42 Å². The maximum atomic E-state index is 13.5. The van der Waals surface area contributed by atoms with E-state index in [-0.39, 0.29) is 11.2 Å². The Morgan fingerprint density at radius 2 is 2.14 bits per heavy atom. The summed E-state index contributed by atoms with van der Waals surface area (Å²) in [5.74, 6) is -0.127. The maximum absolute atomic E-state index is 13.5. The molecule has 2 rings (SSSR count). The van der Waals surface area contributed by atoms with Gasteiger partial charge in [-0.05, 0) is 36.0 Å². The summed E-state index contributed by atoms with van der Waals surface area (Å²) in [6, 6.07) is 5.72. The van der Waals surface area contributed by atoms with E-state index in [9.17, 15) is 4.39 Å². The number of benzene rings is 1. The molecule has 0 amide bonds. The molecule has 0 radical (unpaired) electrons. The van der Waals surface area contributed by atoms with Crippen molar-refractivity contribution in [3.63, 3.8) is 0 Å². The van der Waals surface area contributed by atoms with Gasteiger partial charge in [0, 0.05) is 31.4 Å². The lowest BCUT2D eigenvalue weighted by Crippen LogP contribution is -2.43. The molecule has 1 heterocycles. The molecule has 0 spiro atoms. The monoisotopic (exact) mass is 292 g/mol. The van der Waals surface area contributed by atoms with Crippen molar-refractivity contribution in [1.82, 2.24) is 5.32 Å². The second kappa shape index (κ2) is 6.78. The number of halogens is 1. The number of nitrogens with zero attached hydrogens (tertiary/aromatic N) is 1. The lowest BCUT2D eigenvalue weighted by atomic mass is 9.84. The van der Waals surface area contributed by atoms with Crippen LogP contribution < -0.4 is 10.2 Å². The van der Waals surface area contributed by atoms with Crippen molar-refractivity contribution in [2.45, 2.75) is 53.0 Å². The lowest BCUT2D eigenvalue weighted by molar-refractivity contribution is 0.273. The Balaban J connectivity index is 2.10. The van der Waals surface area contributed by atoms with Crippen molar-refractivity contribution in [2.24, 2.45) is 5.41 Å². The Kier molecular flexibility index (Phi) is 5.26. The molecule has 118 valence electrons. The van der Waals surface area contributed by atoms with Gasteiger partial charge < -0.3 is 10.2 Å². The first-order valence-electron chi connectivity index (χ1n) is 8.20. The highest BCUT2D eigenvalue weighted by Gasteiger charge is 2.29. The van der Waals surface area contributed by atoms with Gasteiger partial charge in [-0.1, -0.05) is 40.2 Å². The summed E-state index contributed by atoms with van der Waals surface area (Å²) in [4.78, 5) is 2.37. The normalized spacial score (nSPS) is 17.1. The third-order valence-corrected chi connectivity index (χ3v) is 4.40. The van der Waals surface area contributed by atoms with Crippen molar-refractivity contribution in [2.75, 3.05) is 24.5 Å². The van der Waals surface area contributed by atoms with Gasteiger partial charge in [0.2, 0.25) is 0 Å². The minimum Gasteiger partial charge on any atom is -0.370 e. The molecule has 0 saturated carbocycles. The van der Waals surface area contributed by atoms with Crippen LogP contribution in [0.5, 0.6) is 0 Å². The molecule has 1 aliphatic rings. The molecule has 1 unspecified atom stereocenters. The van der Waals surface area contributed by atoms with Crippen LogP contribution >= 0.6 is 0 Å². The zero-order valence-corrected chi connectivity index (χ0v) is 13.9. The topological polar surface area (TPSA) is 15.3 Å². The zero-order valence-electron chi connectivity index (χ0n) is 13.9. The van der Waals surface area contributed by atoms with Crippen LogP contribution in [0.1, 0.15) is 46.1 Å². The number of rotatable bonds is 7. The Hall–Kier alpha value is -1.09. The maximum Gasteiger partial charge on any atom is 0.125 e. The fourth-order valence-electron chi connectivity index (χ4n) is 3.32. The molecule has 0 aromatic heterocycles. The third kappa shape index (κ3) is 4.19. The van der Waals surface area contributed by atoms with E-state index in [1.807, 2.05) is 6.07 Å². The molecule has 1 atom stereocenters. The zero-order chi connectivity index (χ0) is 15.5. The predicted molar refractivity (Wildman–Crippen MR) is 88.5 cm³/mol. The molecule has 0 saturated heterocycles. The SMILES string of the molecule is CCCC(C)(CNC(C)C)CN1CCc2ccc(F)cc21. The average Bonchev–Trinajstić information content (AvgIpc) is 2.79. The predicted octanol–water partition coefficient (Wildman–Crippen LogP) is 3.99. The van der Waals surface area contributed by atoms with Gasteiger partial charge in [0.15, 0.2) is 0 Å². The van der Waals surface area contributed by atoms with Gasteiger partial charge in [0.1, 0.15) is 5.82 Å². The number of hydrogen-bond donors (Lipinski definition) is 1. The fourth-order valence-corrected chi connectivity index (χ4v) is 3.32. The lowest BCUT2D eigenvalue weighted by Gasteiger charge is -2.36. The molecule has 2 nitrogen and oxygen atoms in total. The fraction of sp³-hybridized carbons (Fsp3) is 0.667. The van der Waals surface area contributed by atoms with Crippen LogP contribution in [0.2, 0.25) is 0 Å². The van der Waals surface area contributed by atoms with Gasteiger partial charge in [0.05, 0.1) is 0 Å². The molecule has 0 bridgehead atoms. The molecule has 1 aromatic rings. The second-order valence-electron chi connectivity index (χ2n) is 7.04. The largest absolute Gasteiger partial charge is 0.370 e. The Bertz CT molecular complexity index is 472. The van der Waals surface area contributed by atoms with Crippen molar-refractivity contribution in [1.29, 1.82) is 0 Å². The molecule has 1 N–H and O–H groups in total. The first-order valence-corrected chi connectivity index (χ1v) is 8.20. The minimum absolute atomic E-state index is 0.127. The summed E-state index contributed by atoms with van der Waals surface area (Å²) in [6.45, 7) is 12.0. The van der Waals surface area contributed by atoms with E-state index in [1.54, 1.807) is 12.1 Å². The highest BCUT2D eigenvalue weighted by Crippen LogP contribution is 2.33. The average molecular weight is 292 g/mol. The van der Waals surface area contributed by atoms with Gasteiger partial charge in [-0.15, -0.1) is 0 Å². The van der Waals surface area contributed by atoms with Crippen LogP contribution in [0.3, 0.4) is 0 Å². The van der Waals surface area contributed by atoms with E-state index in [0.29, 0.717) is 6.04 Å². The summed E-state index contributed by atoms with van der Waals surface area (Å²) in [7, 11) is 0. The van der Waals surface area contributed by atoms with E-state index in [0.717, 1.165) is 31.7 Å². The number of hydrogen-bond acceptors (Lipinski definition) is 2. The number of fused-ring (bicyclic) bond motifs is 1. The van der Waals surface area contributed by atoms with Crippen LogP contribution in [-0.4, -0.2) is 25.7 Å². The van der Waals surface area contributed by atoms with Crippen LogP contribution in [0, 0.1) is 11.2 Å². The summed E-state index contributed by atoms with van der Waals surface area (Å²) in [5, 5.41) is 3.58. The summed E-state index contributed by atoms with van der Waals surface area (Å²) in [5.41, 5.74) is 2.61. The Labute approximate surface area is 128 Å². The summed E-state index contributed by atoms with van der Waals surface area (Å²) in [6.07, 6.45) is 3.41. The van der Waals surface area contributed by atoms with Gasteiger partial charge >= 0.3 is 0 Å². The molecule has 0 aliphatic carbocycles. The molecule has 1 aliphatic heterocycles.